The van der Waals surface area contributed by atoms with E-state index in [-0.39, 0.29) is 18.4 Å². The van der Waals surface area contributed by atoms with Crippen LogP contribution in [0.5, 0.6) is 0 Å². The first-order chi connectivity index (χ1) is 9.14. The minimum atomic E-state index is -0.703. The summed E-state index contributed by atoms with van der Waals surface area (Å²) >= 11 is 0. The van der Waals surface area contributed by atoms with Gasteiger partial charge in [0, 0.05) is 6.54 Å². The zero-order valence-electron chi connectivity index (χ0n) is 11.5. The topological polar surface area (TPSA) is 49.4 Å². The Kier molecular flexibility index (Phi) is 3.88. The largest absolute Gasteiger partial charge is 0.345 e. The van der Waals surface area contributed by atoms with Gasteiger partial charge in [0.15, 0.2) is 0 Å². The van der Waals surface area contributed by atoms with E-state index in [0.717, 1.165) is 5.56 Å². The molecule has 1 aliphatic heterocycles. The minimum absolute atomic E-state index is 0.00727. The lowest BCUT2D eigenvalue weighted by atomic mass is 9.87. The van der Waals surface area contributed by atoms with E-state index < -0.39 is 5.54 Å². The highest BCUT2D eigenvalue weighted by Crippen LogP contribution is 2.28. The molecule has 1 aromatic rings. The van der Waals surface area contributed by atoms with Crippen LogP contribution in [-0.2, 0) is 16.1 Å². The van der Waals surface area contributed by atoms with Gasteiger partial charge in [0.05, 0.1) is 6.54 Å². The van der Waals surface area contributed by atoms with Crippen molar-refractivity contribution in [2.75, 3.05) is 6.54 Å². The standard InChI is InChI=1S/C15H20N2O2/c1-3-15(4-2)14(19)16-10-13(18)17(15)11-12-8-6-5-7-9-12/h5-9H,3-4,10-11H2,1-2H3,(H,16,19). The van der Waals surface area contributed by atoms with Gasteiger partial charge in [-0.25, -0.2) is 0 Å². The van der Waals surface area contributed by atoms with Gasteiger partial charge in [-0.2, -0.15) is 0 Å². The molecule has 1 heterocycles. The summed E-state index contributed by atoms with van der Waals surface area (Å²) in [6, 6.07) is 9.81. The minimum Gasteiger partial charge on any atom is -0.345 e. The van der Waals surface area contributed by atoms with Gasteiger partial charge < -0.3 is 10.2 Å². The second kappa shape index (κ2) is 5.43. The first kappa shape index (κ1) is 13.6. The summed E-state index contributed by atoms with van der Waals surface area (Å²) < 4.78 is 0. The molecule has 4 nitrogen and oxygen atoms in total. The molecule has 0 spiro atoms. The lowest BCUT2D eigenvalue weighted by molar-refractivity contribution is -0.155. The highest BCUT2D eigenvalue weighted by Gasteiger charge is 2.46. The van der Waals surface area contributed by atoms with Crippen molar-refractivity contribution in [3.63, 3.8) is 0 Å². The summed E-state index contributed by atoms with van der Waals surface area (Å²) in [6.45, 7) is 4.52. The van der Waals surface area contributed by atoms with Crippen LogP contribution in [0.2, 0.25) is 0 Å². The third-order valence-electron chi connectivity index (χ3n) is 3.99. The fourth-order valence-corrected chi connectivity index (χ4v) is 2.74. The van der Waals surface area contributed by atoms with Gasteiger partial charge in [0.25, 0.3) is 0 Å². The summed E-state index contributed by atoms with van der Waals surface area (Å²) in [4.78, 5) is 26.1. The molecule has 1 aromatic carbocycles. The lowest BCUT2D eigenvalue weighted by Gasteiger charge is -2.45. The van der Waals surface area contributed by atoms with E-state index in [1.165, 1.54) is 0 Å². The van der Waals surface area contributed by atoms with Crippen molar-refractivity contribution in [2.45, 2.75) is 38.8 Å². The Morgan fingerprint density at radius 2 is 1.79 bits per heavy atom. The van der Waals surface area contributed by atoms with Crippen molar-refractivity contribution in [3.05, 3.63) is 35.9 Å². The molecule has 0 unspecified atom stereocenters. The second-order valence-electron chi connectivity index (χ2n) is 4.89. The van der Waals surface area contributed by atoms with Gasteiger partial charge in [-0.05, 0) is 18.4 Å². The average Bonchev–Trinajstić information content (AvgIpc) is 2.45. The number of hydrogen-bond donors (Lipinski definition) is 1. The van der Waals surface area contributed by atoms with Crippen LogP contribution in [0.3, 0.4) is 0 Å². The highest BCUT2D eigenvalue weighted by atomic mass is 16.2. The first-order valence-electron chi connectivity index (χ1n) is 6.76. The van der Waals surface area contributed by atoms with Gasteiger partial charge in [-0.15, -0.1) is 0 Å². The fourth-order valence-electron chi connectivity index (χ4n) is 2.74. The Hall–Kier alpha value is -1.84. The molecule has 2 amide bonds. The van der Waals surface area contributed by atoms with Crippen LogP contribution >= 0.6 is 0 Å². The van der Waals surface area contributed by atoms with Gasteiger partial charge in [-0.1, -0.05) is 44.2 Å². The molecule has 1 aliphatic rings. The maximum absolute atomic E-state index is 12.2. The van der Waals surface area contributed by atoms with Crippen LogP contribution in [-0.4, -0.2) is 28.8 Å². The number of carbonyl (C=O) groups is 2. The zero-order chi connectivity index (χ0) is 13.9. The molecule has 19 heavy (non-hydrogen) atoms. The van der Waals surface area contributed by atoms with Crippen LogP contribution in [0, 0.1) is 0 Å². The molecule has 0 radical (unpaired) electrons. The molecule has 0 bridgehead atoms. The Balaban J connectivity index is 2.32. The summed E-state index contributed by atoms with van der Waals surface area (Å²) in [6.07, 6.45) is 1.27. The van der Waals surface area contributed by atoms with Crippen LogP contribution in [0.1, 0.15) is 32.3 Å². The molecule has 0 saturated carbocycles. The van der Waals surface area contributed by atoms with Gasteiger partial charge in [0.2, 0.25) is 11.8 Å². The monoisotopic (exact) mass is 260 g/mol. The number of piperazine rings is 1. The molecule has 4 heteroatoms. The summed E-state index contributed by atoms with van der Waals surface area (Å²) in [5.41, 5.74) is 0.349. The molecule has 2 rings (SSSR count). The number of carbonyl (C=O) groups excluding carboxylic acids is 2. The van der Waals surface area contributed by atoms with Gasteiger partial charge in [-0.3, -0.25) is 9.59 Å². The van der Waals surface area contributed by atoms with Gasteiger partial charge >= 0.3 is 0 Å². The number of benzene rings is 1. The number of rotatable bonds is 4. The van der Waals surface area contributed by atoms with Crippen molar-refractivity contribution in [1.29, 1.82) is 0 Å². The Labute approximate surface area is 113 Å². The lowest BCUT2D eigenvalue weighted by Crippen LogP contribution is -2.66. The van der Waals surface area contributed by atoms with E-state index in [0.29, 0.717) is 19.4 Å². The molecular formula is C15H20N2O2. The summed E-state index contributed by atoms with van der Waals surface area (Å²) in [5, 5.41) is 2.71. The molecule has 1 N–H and O–H groups in total. The molecule has 1 saturated heterocycles. The second-order valence-corrected chi connectivity index (χ2v) is 4.89. The Morgan fingerprint density at radius 3 is 2.37 bits per heavy atom. The van der Waals surface area contributed by atoms with Crippen molar-refractivity contribution < 1.29 is 9.59 Å². The van der Waals surface area contributed by atoms with Gasteiger partial charge in [0.1, 0.15) is 5.54 Å². The highest BCUT2D eigenvalue weighted by molar-refractivity contribution is 5.97. The molecular weight excluding hydrogens is 240 g/mol. The maximum Gasteiger partial charge on any atom is 0.246 e. The van der Waals surface area contributed by atoms with E-state index >= 15 is 0 Å². The summed E-state index contributed by atoms with van der Waals surface area (Å²) in [7, 11) is 0. The summed E-state index contributed by atoms with van der Waals surface area (Å²) in [5.74, 6) is -0.0415. The molecule has 1 fully saturated rings. The predicted molar refractivity (Wildman–Crippen MR) is 73.3 cm³/mol. The van der Waals surface area contributed by atoms with Crippen molar-refractivity contribution in [1.82, 2.24) is 10.2 Å². The first-order valence-corrected chi connectivity index (χ1v) is 6.76. The van der Waals surface area contributed by atoms with Crippen LogP contribution in [0.25, 0.3) is 0 Å². The van der Waals surface area contributed by atoms with Crippen molar-refractivity contribution >= 4 is 11.8 Å². The quantitative estimate of drug-likeness (QED) is 0.896. The third kappa shape index (κ3) is 2.35. The van der Waals surface area contributed by atoms with E-state index in [9.17, 15) is 9.59 Å². The number of amides is 2. The average molecular weight is 260 g/mol. The van der Waals surface area contributed by atoms with Crippen LogP contribution in [0.4, 0.5) is 0 Å². The number of nitrogens with zero attached hydrogens (tertiary/aromatic N) is 1. The Bertz CT molecular complexity index is 466. The van der Waals surface area contributed by atoms with E-state index in [1.807, 2.05) is 44.2 Å². The normalized spacial score (nSPS) is 18.3. The van der Waals surface area contributed by atoms with E-state index in [4.69, 9.17) is 0 Å². The number of nitrogens with one attached hydrogen (secondary N) is 1. The number of hydrogen-bond acceptors (Lipinski definition) is 2. The molecule has 0 aliphatic carbocycles. The van der Waals surface area contributed by atoms with Crippen molar-refractivity contribution in [3.8, 4) is 0 Å². The molecule has 0 aromatic heterocycles. The predicted octanol–water partition coefficient (Wildman–Crippen LogP) is 1.70. The SMILES string of the molecule is CCC1(CC)C(=O)NCC(=O)N1Cc1ccccc1. The Morgan fingerprint density at radius 1 is 1.16 bits per heavy atom. The smallest absolute Gasteiger partial charge is 0.246 e. The molecule has 0 atom stereocenters. The third-order valence-corrected chi connectivity index (χ3v) is 3.99. The fraction of sp³-hybridized carbons (Fsp3) is 0.467. The van der Waals surface area contributed by atoms with E-state index in [1.54, 1.807) is 4.90 Å². The van der Waals surface area contributed by atoms with Crippen molar-refractivity contribution in [2.24, 2.45) is 0 Å². The van der Waals surface area contributed by atoms with E-state index in [2.05, 4.69) is 5.32 Å². The maximum atomic E-state index is 12.2. The zero-order valence-corrected chi connectivity index (χ0v) is 11.5. The molecule has 102 valence electrons. The van der Waals surface area contributed by atoms with Crippen LogP contribution in [0.15, 0.2) is 30.3 Å². The van der Waals surface area contributed by atoms with Crippen LogP contribution < -0.4 is 5.32 Å².